The van der Waals surface area contributed by atoms with E-state index in [0.717, 1.165) is 6.26 Å². The van der Waals surface area contributed by atoms with Gasteiger partial charge in [-0.1, -0.05) is 23.7 Å². The quantitative estimate of drug-likeness (QED) is 0.830. The van der Waals surface area contributed by atoms with Crippen LogP contribution in [0.5, 0.6) is 0 Å². The summed E-state index contributed by atoms with van der Waals surface area (Å²) in [6, 6.07) is 5.66. The first-order valence-electron chi connectivity index (χ1n) is 6.74. The molecule has 25 heavy (non-hydrogen) atoms. The largest absolute Gasteiger partial charge is 0.435 e. The van der Waals surface area contributed by atoms with Gasteiger partial charge in [-0.2, -0.15) is 17.5 Å². The van der Waals surface area contributed by atoms with Gasteiger partial charge in [0.2, 0.25) is 0 Å². The van der Waals surface area contributed by atoms with Gasteiger partial charge >= 0.3 is 6.18 Å². The zero-order valence-corrected chi connectivity index (χ0v) is 15.3. The van der Waals surface area contributed by atoms with Gasteiger partial charge in [-0.15, -0.1) is 0 Å². The number of aromatic nitrogens is 1. The van der Waals surface area contributed by atoms with E-state index < -0.39 is 43.4 Å². The lowest BCUT2D eigenvalue weighted by Crippen LogP contribution is -2.29. The van der Waals surface area contributed by atoms with Gasteiger partial charge in [0, 0.05) is 11.3 Å². The third kappa shape index (κ3) is 4.50. The van der Waals surface area contributed by atoms with Crippen molar-refractivity contribution in [2.45, 2.75) is 23.4 Å². The van der Waals surface area contributed by atoms with E-state index >= 15 is 0 Å². The summed E-state index contributed by atoms with van der Waals surface area (Å²) < 4.78 is 65.0. The number of benzene rings is 1. The number of alkyl halides is 3. The number of nitrogens with zero attached hydrogens (tertiary/aromatic N) is 1. The summed E-state index contributed by atoms with van der Waals surface area (Å²) in [4.78, 5) is 12.4. The summed E-state index contributed by atoms with van der Waals surface area (Å²) in [5.74, 6) is -1.16. The average molecular weight is 413 g/mol. The number of sulfone groups is 1. The molecule has 5 nitrogen and oxygen atoms in total. The molecule has 0 aliphatic carbocycles. The van der Waals surface area contributed by atoms with Crippen molar-refractivity contribution < 1.29 is 26.4 Å². The number of hydrogen-bond donors (Lipinski definition) is 1. The van der Waals surface area contributed by atoms with Crippen LogP contribution in [0.15, 0.2) is 28.5 Å². The third-order valence-electron chi connectivity index (χ3n) is 3.21. The second kappa shape index (κ2) is 6.93. The lowest BCUT2D eigenvalue weighted by molar-refractivity contribution is -0.140. The van der Waals surface area contributed by atoms with Crippen molar-refractivity contribution >= 4 is 38.9 Å². The molecule has 11 heteroatoms. The summed E-state index contributed by atoms with van der Waals surface area (Å²) >= 11 is 5.89. The van der Waals surface area contributed by atoms with Crippen molar-refractivity contribution in [1.29, 1.82) is 0 Å². The minimum absolute atomic E-state index is 0.127. The van der Waals surface area contributed by atoms with Crippen molar-refractivity contribution in [1.82, 2.24) is 9.69 Å². The van der Waals surface area contributed by atoms with E-state index in [0.29, 0.717) is 10.6 Å². The molecule has 0 unspecified atom stereocenters. The van der Waals surface area contributed by atoms with E-state index in [1.807, 2.05) is 0 Å². The van der Waals surface area contributed by atoms with Crippen LogP contribution in [0.4, 0.5) is 13.2 Å². The highest BCUT2D eigenvalue weighted by Crippen LogP contribution is 2.36. The summed E-state index contributed by atoms with van der Waals surface area (Å²) in [6.45, 7) is 1.55. The predicted octanol–water partition coefficient (Wildman–Crippen LogP) is 3.71. The Morgan fingerprint density at radius 1 is 1.28 bits per heavy atom. The fourth-order valence-electron chi connectivity index (χ4n) is 2.03. The second-order valence-electron chi connectivity index (χ2n) is 5.21. The van der Waals surface area contributed by atoms with E-state index in [-0.39, 0.29) is 11.5 Å². The van der Waals surface area contributed by atoms with Crippen molar-refractivity contribution in [3.05, 3.63) is 46.1 Å². The summed E-state index contributed by atoms with van der Waals surface area (Å²) in [6.07, 6.45) is -4.23. The van der Waals surface area contributed by atoms with Gasteiger partial charge in [-0.3, -0.25) is 4.79 Å². The molecule has 0 aliphatic rings. The van der Waals surface area contributed by atoms with E-state index in [1.54, 1.807) is 31.2 Å². The van der Waals surface area contributed by atoms with Crippen molar-refractivity contribution in [2.24, 2.45) is 0 Å². The molecule has 1 aromatic carbocycles. The highest BCUT2D eigenvalue weighted by molar-refractivity contribution is 7.92. The highest BCUT2D eigenvalue weighted by Gasteiger charge is 2.42. The van der Waals surface area contributed by atoms with Crippen LogP contribution in [-0.4, -0.2) is 25.0 Å². The molecule has 0 spiro atoms. The molecule has 0 saturated carbocycles. The Balaban J connectivity index is 2.41. The zero-order valence-electron chi connectivity index (χ0n) is 12.9. The van der Waals surface area contributed by atoms with Crippen LogP contribution in [-0.2, 0) is 16.0 Å². The molecule has 1 N–H and O–H groups in total. The van der Waals surface area contributed by atoms with Crippen molar-refractivity contribution in [3.63, 3.8) is 0 Å². The normalized spacial score (nSPS) is 13.5. The maximum absolute atomic E-state index is 13.1. The molecule has 0 aliphatic heterocycles. The van der Waals surface area contributed by atoms with Crippen LogP contribution in [0.2, 0.25) is 5.02 Å². The summed E-state index contributed by atoms with van der Waals surface area (Å²) in [5, 5.41) is 2.82. The lowest BCUT2D eigenvalue weighted by Gasteiger charge is -2.15. The van der Waals surface area contributed by atoms with Gasteiger partial charge in [-0.25, -0.2) is 8.42 Å². The van der Waals surface area contributed by atoms with Crippen molar-refractivity contribution in [2.75, 3.05) is 6.26 Å². The minimum atomic E-state index is -4.95. The Kier molecular flexibility index (Phi) is 5.45. The first kappa shape index (κ1) is 19.7. The Bertz CT molecular complexity index is 893. The van der Waals surface area contributed by atoms with Crippen LogP contribution in [0.3, 0.4) is 0 Å². The molecule has 0 bridgehead atoms. The van der Waals surface area contributed by atoms with Crippen LogP contribution in [0, 0.1) is 0 Å². The number of amides is 1. The number of hydrogen-bond acceptors (Lipinski definition) is 5. The molecule has 1 amide bonds. The first-order valence-corrected chi connectivity index (χ1v) is 9.78. The standard InChI is InChI=1S/C14H12ClF3N2O3S2/c1-7(8-3-5-9(15)6-4-8)19-12(21)10-11(14(16,17)18)20-24-13(10)25(2,22)23/h3-7H,1-2H3,(H,19,21)/t7-/m0/s1. The zero-order chi connectivity index (χ0) is 19.0. The summed E-state index contributed by atoms with van der Waals surface area (Å²) in [7, 11) is -4.05. The second-order valence-corrected chi connectivity index (χ2v) is 8.63. The number of halogens is 4. The minimum Gasteiger partial charge on any atom is -0.345 e. The van der Waals surface area contributed by atoms with Crippen molar-refractivity contribution in [3.8, 4) is 0 Å². The Morgan fingerprint density at radius 3 is 2.32 bits per heavy atom. The Labute approximate surface area is 150 Å². The Morgan fingerprint density at radius 2 is 1.84 bits per heavy atom. The average Bonchev–Trinajstić information content (AvgIpc) is 2.92. The molecular formula is C14H12ClF3N2O3S2. The predicted molar refractivity (Wildman–Crippen MR) is 87.6 cm³/mol. The highest BCUT2D eigenvalue weighted by atomic mass is 35.5. The molecule has 136 valence electrons. The fraction of sp³-hybridized carbons (Fsp3) is 0.286. The van der Waals surface area contributed by atoms with Crippen LogP contribution < -0.4 is 5.32 Å². The number of carbonyl (C=O) groups excluding carboxylic acids is 1. The monoisotopic (exact) mass is 412 g/mol. The van der Waals surface area contributed by atoms with Gasteiger partial charge in [0.1, 0.15) is 5.56 Å². The molecule has 0 saturated heterocycles. The molecule has 1 atom stereocenters. The number of rotatable bonds is 4. The van der Waals surface area contributed by atoms with E-state index in [9.17, 15) is 26.4 Å². The molecule has 0 fully saturated rings. The van der Waals surface area contributed by atoms with Gasteiger partial charge in [0.25, 0.3) is 5.91 Å². The number of nitrogens with one attached hydrogen (secondary N) is 1. The topological polar surface area (TPSA) is 76.1 Å². The Hall–Kier alpha value is -1.65. The molecule has 2 aromatic rings. The molecular weight excluding hydrogens is 401 g/mol. The molecule has 1 heterocycles. The van der Waals surface area contributed by atoms with E-state index in [2.05, 4.69) is 9.69 Å². The van der Waals surface area contributed by atoms with Crippen LogP contribution >= 0.6 is 23.1 Å². The van der Waals surface area contributed by atoms with Crippen LogP contribution in [0.25, 0.3) is 0 Å². The van der Waals surface area contributed by atoms with E-state index in [1.165, 1.54) is 0 Å². The number of carbonyl (C=O) groups is 1. The smallest absolute Gasteiger partial charge is 0.345 e. The lowest BCUT2D eigenvalue weighted by atomic mass is 10.1. The van der Waals surface area contributed by atoms with E-state index in [4.69, 9.17) is 11.6 Å². The van der Waals surface area contributed by atoms with Gasteiger partial charge in [-0.05, 0) is 36.2 Å². The van der Waals surface area contributed by atoms with Gasteiger partial charge < -0.3 is 5.32 Å². The SMILES string of the molecule is C[C@H](NC(=O)c1c(C(F)(F)F)nsc1S(C)(=O)=O)c1ccc(Cl)cc1. The molecule has 2 rings (SSSR count). The van der Waals surface area contributed by atoms with Gasteiger partial charge in [0.15, 0.2) is 19.7 Å². The van der Waals surface area contributed by atoms with Crippen LogP contribution in [0.1, 0.15) is 34.6 Å². The molecule has 0 radical (unpaired) electrons. The van der Waals surface area contributed by atoms with Gasteiger partial charge in [0.05, 0.1) is 6.04 Å². The maximum atomic E-state index is 13.1. The maximum Gasteiger partial charge on any atom is 0.435 e. The first-order chi connectivity index (χ1) is 11.4. The fourth-order valence-corrected chi connectivity index (χ4v) is 4.01. The molecule has 1 aromatic heterocycles. The summed E-state index contributed by atoms with van der Waals surface area (Å²) in [5.41, 5.74) is -1.91. The third-order valence-corrected chi connectivity index (χ3v) is 6.12.